The van der Waals surface area contributed by atoms with Crippen molar-refractivity contribution in [2.45, 2.75) is 32.2 Å². The molecule has 0 N–H and O–H groups in total. The number of ether oxygens (including phenoxy) is 2. The summed E-state index contributed by atoms with van der Waals surface area (Å²) in [5, 5.41) is 18.1. The maximum Gasteiger partial charge on any atom is 0.174 e. The van der Waals surface area contributed by atoms with Crippen molar-refractivity contribution in [1.29, 1.82) is 5.26 Å². The van der Waals surface area contributed by atoms with Crippen LogP contribution in [0.3, 0.4) is 0 Å². The number of allylic oxidation sites excluding steroid dienone is 1. The Morgan fingerprint density at radius 2 is 2.00 bits per heavy atom. The molecular formula is C18H20N4O2. The third-order valence-electron chi connectivity index (χ3n) is 4.19. The van der Waals surface area contributed by atoms with Crippen molar-refractivity contribution in [3.05, 3.63) is 35.4 Å². The van der Waals surface area contributed by atoms with E-state index in [1.807, 2.05) is 24.3 Å². The number of aromatic nitrogens is 3. The molecule has 0 saturated carbocycles. The van der Waals surface area contributed by atoms with Crippen molar-refractivity contribution in [1.82, 2.24) is 14.8 Å². The first-order valence-corrected chi connectivity index (χ1v) is 8.03. The van der Waals surface area contributed by atoms with Gasteiger partial charge in [0.05, 0.1) is 19.8 Å². The van der Waals surface area contributed by atoms with Crippen LogP contribution in [0, 0.1) is 11.3 Å². The lowest BCUT2D eigenvalue weighted by molar-refractivity contribution is 0.355. The van der Waals surface area contributed by atoms with Crippen LogP contribution in [-0.4, -0.2) is 29.0 Å². The molecule has 0 atom stereocenters. The Labute approximate surface area is 141 Å². The molecule has 1 aliphatic heterocycles. The molecule has 0 spiro atoms. The first-order valence-electron chi connectivity index (χ1n) is 8.03. The van der Waals surface area contributed by atoms with Gasteiger partial charge in [-0.3, -0.25) is 0 Å². The lowest BCUT2D eigenvalue weighted by Crippen LogP contribution is -2.05. The molecule has 2 heterocycles. The van der Waals surface area contributed by atoms with Crippen LogP contribution >= 0.6 is 0 Å². The molecule has 0 amide bonds. The molecule has 6 nitrogen and oxygen atoms in total. The monoisotopic (exact) mass is 324 g/mol. The van der Waals surface area contributed by atoms with Crippen LogP contribution in [0.2, 0.25) is 0 Å². The van der Waals surface area contributed by atoms with E-state index in [1.165, 1.54) is 6.42 Å². The van der Waals surface area contributed by atoms with E-state index in [0.29, 0.717) is 22.9 Å². The minimum absolute atomic E-state index is 0.503. The predicted octanol–water partition coefficient (Wildman–Crippen LogP) is 3.09. The molecule has 2 aromatic rings. The summed E-state index contributed by atoms with van der Waals surface area (Å²) in [5.41, 5.74) is 1.36. The molecule has 1 aliphatic rings. The molecule has 0 aliphatic carbocycles. The van der Waals surface area contributed by atoms with Crippen molar-refractivity contribution in [2.24, 2.45) is 0 Å². The summed E-state index contributed by atoms with van der Waals surface area (Å²) < 4.78 is 12.6. The smallest absolute Gasteiger partial charge is 0.174 e. The molecule has 0 fully saturated rings. The van der Waals surface area contributed by atoms with E-state index in [4.69, 9.17) is 9.47 Å². The molecule has 0 unspecified atom stereocenters. The zero-order valence-corrected chi connectivity index (χ0v) is 14.0. The second-order valence-corrected chi connectivity index (χ2v) is 5.69. The van der Waals surface area contributed by atoms with Crippen LogP contribution in [0.1, 0.15) is 36.5 Å². The molecule has 6 heteroatoms. The minimum Gasteiger partial charge on any atom is -0.493 e. The summed E-state index contributed by atoms with van der Waals surface area (Å²) in [5.74, 6) is 2.90. The Balaban J connectivity index is 1.99. The molecular weight excluding hydrogens is 304 g/mol. The maximum absolute atomic E-state index is 9.60. The highest BCUT2D eigenvalue weighted by Gasteiger charge is 2.17. The second-order valence-electron chi connectivity index (χ2n) is 5.69. The Hall–Kier alpha value is -2.81. The number of nitrogens with zero attached hydrogens (tertiary/aromatic N) is 4. The average molecular weight is 324 g/mol. The number of hydrogen-bond donors (Lipinski definition) is 0. The number of rotatable bonds is 4. The van der Waals surface area contributed by atoms with E-state index in [-0.39, 0.29) is 0 Å². The van der Waals surface area contributed by atoms with E-state index in [2.05, 4.69) is 20.8 Å². The second kappa shape index (κ2) is 7.18. The van der Waals surface area contributed by atoms with E-state index >= 15 is 0 Å². The summed E-state index contributed by atoms with van der Waals surface area (Å²) in [7, 11) is 3.19. The number of hydrogen-bond acceptors (Lipinski definition) is 5. The van der Waals surface area contributed by atoms with Gasteiger partial charge >= 0.3 is 0 Å². The van der Waals surface area contributed by atoms with Crippen molar-refractivity contribution in [2.75, 3.05) is 14.2 Å². The lowest BCUT2D eigenvalue weighted by Gasteiger charge is -2.08. The van der Waals surface area contributed by atoms with Gasteiger partial charge in [0.15, 0.2) is 17.3 Å². The fraction of sp³-hybridized carbons (Fsp3) is 0.389. The van der Waals surface area contributed by atoms with Gasteiger partial charge in [0.1, 0.15) is 11.9 Å². The highest BCUT2D eigenvalue weighted by Crippen LogP contribution is 2.29. The largest absolute Gasteiger partial charge is 0.493 e. The van der Waals surface area contributed by atoms with Crippen LogP contribution in [0.4, 0.5) is 0 Å². The molecule has 3 rings (SSSR count). The summed E-state index contributed by atoms with van der Waals surface area (Å²) >= 11 is 0. The average Bonchev–Trinajstić information content (AvgIpc) is 2.87. The molecule has 0 saturated heterocycles. The van der Waals surface area contributed by atoms with Crippen LogP contribution in [0.5, 0.6) is 11.5 Å². The highest BCUT2D eigenvalue weighted by atomic mass is 16.5. The highest BCUT2D eigenvalue weighted by molar-refractivity contribution is 5.87. The first kappa shape index (κ1) is 16.1. The third-order valence-corrected chi connectivity index (χ3v) is 4.19. The van der Waals surface area contributed by atoms with Crippen molar-refractivity contribution in [3.63, 3.8) is 0 Å². The number of benzene rings is 1. The summed E-state index contributed by atoms with van der Waals surface area (Å²) in [6, 6.07) is 7.81. The molecule has 1 aromatic heterocycles. The molecule has 1 aromatic carbocycles. The quantitative estimate of drug-likeness (QED) is 0.808. The first-order chi connectivity index (χ1) is 11.8. The predicted molar refractivity (Wildman–Crippen MR) is 90.6 cm³/mol. The Morgan fingerprint density at radius 3 is 2.75 bits per heavy atom. The van der Waals surface area contributed by atoms with Gasteiger partial charge in [0, 0.05) is 13.0 Å². The van der Waals surface area contributed by atoms with Gasteiger partial charge in [0.2, 0.25) is 0 Å². The van der Waals surface area contributed by atoms with E-state index in [9.17, 15) is 5.26 Å². The third kappa shape index (κ3) is 3.11. The lowest BCUT2D eigenvalue weighted by atomic mass is 10.1. The van der Waals surface area contributed by atoms with Crippen molar-refractivity contribution < 1.29 is 9.47 Å². The van der Waals surface area contributed by atoms with Gasteiger partial charge in [-0.2, -0.15) is 5.26 Å². The minimum atomic E-state index is 0.503. The topological polar surface area (TPSA) is 73.0 Å². The zero-order valence-electron chi connectivity index (χ0n) is 14.0. The van der Waals surface area contributed by atoms with Gasteiger partial charge in [-0.1, -0.05) is 12.5 Å². The number of fused-ring (bicyclic) bond motifs is 1. The standard InChI is InChI=1S/C18H20N4O2/c1-23-15-8-7-13(11-16(15)24-2)10-14(12-19)18-21-20-17-6-4-3-5-9-22(17)18/h7-8,10-11H,3-6,9H2,1-2H3. The summed E-state index contributed by atoms with van der Waals surface area (Å²) in [6.07, 6.45) is 6.13. The number of aryl methyl sites for hydroxylation is 1. The van der Waals surface area contributed by atoms with E-state index in [0.717, 1.165) is 37.2 Å². The Morgan fingerprint density at radius 1 is 1.17 bits per heavy atom. The fourth-order valence-electron chi connectivity index (χ4n) is 2.94. The van der Waals surface area contributed by atoms with Crippen LogP contribution in [0.25, 0.3) is 11.6 Å². The van der Waals surface area contributed by atoms with E-state index < -0.39 is 0 Å². The summed E-state index contributed by atoms with van der Waals surface area (Å²) in [6.45, 7) is 0.864. The zero-order chi connectivity index (χ0) is 16.9. The van der Waals surface area contributed by atoms with Gasteiger partial charge in [-0.15, -0.1) is 10.2 Å². The SMILES string of the molecule is COc1ccc(C=C(C#N)c2nnc3n2CCCCC3)cc1OC. The molecule has 0 bridgehead atoms. The van der Waals surface area contributed by atoms with Crippen molar-refractivity contribution >= 4 is 11.6 Å². The summed E-state index contributed by atoms with van der Waals surface area (Å²) in [4.78, 5) is 0. The van der Waals surface area contributed by atoms with Crippen LogP contribution in [0.15, 0.2) is 18.2 Å². The molecule has 124 valence electrons. The van der Waals surface area contributed by atoms with Crippen molar-refractivity contribution in [3.8, 4) is 17.6 Å². The van der Waals surface area contributed by atoms with Gasteiger partial charge in [0.25, 0.3) is 0 Å². The van der Waals surface area contributed by atoms with Gasteiger partial charge < -0.3 is 14.0 Å². The normalized spacial score (nSPS) is 14.5. The Kier molecular flexibility index (Phi) is 4.80. The van der Waals surface area contributed by atoms with Gasteiger partial charge in [-0.05, 0) is 36.6 Å². The van der Waals surface area contributed by atoms with E-state index in [1.54, 1.807) is 14.2 Å². The Bertz CT molecular complexity index is 802. The fourth-order valence-corrected chi connectivity index (χ4v) is 2.94. The van der Waals surface area contributed by atoms with Crippen LogP contribution < -0.4 is 9.47 Å². The molecule has 24 heavy (non-hydrogen) atoms. The van der Waals surface area contributed by atoms with Gasteiger partial charge in [-0.25, -0.2) is 0 Å². The number of methoxy groups -OCH3 is 2. The molecule has 0 radical (unpaired) electrons. The maximum atomic E-state index is 9.60. The van der Waals surface area contributed by atoms with Crippen LogP contribution in [-0.2, 0) is 13.0 Å². The number of nitriles is 1.